The highest BCUT2D eigenvalue weighted by Gasteiger charge is 2.27. The number of nitrogens with zero attached hydrogens (tertiary/aromatic N) is 2. The van der Waals surface area contributed by atoms with E-state index in [0.717, 1.165) is 11.3 Å². The molecular formula is C13H20IN3O. The number of hydrogen-bond acceptors (Lipinski definition) is 2. The van der Waals surface area contributed by atoms with Gasteiger partial charge in [0.05, 0.1) is 13.7 Å². The zero-order valence-corrected chi connectivity index (χ0v) is 13.1. The van der Waals surface area contributed by atoms with E-state index in [0.29, 0.717) is 18.5 Å². The zero-order valence-electron chi connectivity index (χ0n) is 10.8. The largest absolute Gasteiger partial charge is 0.496 e. The monoisotopic (exact) mass is 361 g/mol. The van der Waals surface area contributed by atoms with E-state index in [4.69, 9.17) is 10.5 Å². The molecule has 0 amide bonds. The van der Waals surface area contributed by atoms with Crippen LogP contribution in [0.3, 0.4) is 0 Å². The Hall–Kier alpha value is -0.980. The first kappa shape index (κ1) is 15.1. The van der Waals surface area contributed by atoms with Crippen LogP contribution in [0.25, 0.3) is 0 Å². The highest BCUT2D eigenvalue weighted by Crippen LogP contribution is 2.25. The average Bonchev–Trinajstić information content (AvgIpc) is 3.19. The number of rotatable bonds is 4. The number of guanidine groups is 1. The second-order valence-electron chi connectivity index (χ2n) is 4.33. The molecule has 1 aromatic carbocycles. The number of para-hydroxylation sites is 1. The molecule has 0 unspecified atom stereocenters. The van der Waals surface area contributed by atoms with Crippen LogP contribution in [-0.4, -0.2) is 31.1 Å². The van der Waals surface area contributed by atoms with Gasteiger partial charge in [0.1, 0.15) is 5.75 Å². The SMILES string of the molecule is COc1ccccc1CN=C(N)N(C)C1CC1.I. The summed E-state index contributed by atoms with van der Waals surface area (Å²) in [5, 5.41) is 0. The smallest absolute Gasteiger partial charge is 0.191 e. The third-order valence-corrected chi connectivity index (χ3v) is 3.06. The van der Waals surface area contributed by atoms with Crippen LogP contribution in [0.4, 0.5) is 0 Å². The second kappa shape index (κ2) is 6.82. The molecule has 0 aliphatic heterocycles. The van der Waals surface area contributed by atoms with E-state index in [1.54, 1.807) is 7.11 Å². The molecule has 1 aromatic rings. The number of hydrogen-bond donors (Lipinski definition) is 1. The van der Waals surface area contributed by atoms with Crippen molar-refractivity contribution in [3.8, 4) is 5.75 Å². The lowest BCUT2D eigenvalue weighted by Gasteiger charge is -2.17. The van der Waals surface area contributed by atoms with Gasteiger partial charge in [-0.2, -0.15) is 0 Å². The van der Waals surface area contributed by atoms with Crippen molar-refractivity contribution in [1.29, 1.82) is 0 Å². The van der Waals surface area contributed by atoms with Gasteiger partial charge in [-0.1, -0.05) is 18.2 Å². The maximum absolute atomic E-state index is 5.93. The number of nitrogens with two attached hydrogens (primary N) is 1. The summed E-state index contributed by atoms with van der Waals surface area (Å²) in [7, 11) is 3.67. The van der Waals surface area contributed by atoms with E-state index in [-0.39, 0.29) is 24.0 Å². The molecule has 2 N–H and O–H groups in total. The highest BCUT2D eigenvalue weighted by molar-refractivity contribution is 14.0. The summed E-state index contributed by atoms with van der Waals surface area (Å²) in [5.74, 6) is 1.47. The van der Waals surface area contributed by atoms with Gasteiger partial charge < -0.3 is 15.4 Å². The molecular weight excluding hydrogens is 341 g/mol. The summed E-state index contributed by atoms with van der Waals surface area (Å²) < 4.78 is 5.27. The van der Waals surface area contributed by atoms with Crippen LogP contribution in [0.5, 0.6) is 5.75 Å². The predicted octanol–water partition coefficient (Wildman–Crippen LogP) is 2.22. The van der Waals surface area contributed by atoms with E-state index in [1.807, 2.05) is 31.3 Å². The molecule has 5 heteroatoms. The summed E-state index contributed by atoms with van der Waals surface area (Å²) in [5.41, 5.74) is 6.99. The van der Waals surface area contributed by atoms with Gasteiger partial charge in [0, 0.05) is 18.7 Å². The maximum Gasteiger partial charge on any atom is 0.191 e. The maximum atomic E-state index is 5.93. The summed E-state index contributed by atoms with van der Waals surface area (Å²) in [6, 6.07) is 8.47. The number of benzene rings is 1. The van der Waals surface area contributed by atoms with Gasteiger partial charge in [0.25, 0.3) is 0 Å². The van der Waals surface area contributed by atoms with Crippen LogP contribution in [0.1, 0.15) is 18.4 Å². The first-order valence-electron chi connectivity index (χ1n) is 5.87. The van der Waals surface area contributed by atoms with Crippen LogP contribution in [-0.2, 0) is 6.54 Å². The first-order chi connectivity index (χ1) is 8.22. The minimum Gasteiger partial charge on any atom is -0.496 e. The Kier molecular flexibility index (Phi) is 5.71. The Balaban J connectivity index is 0.00000162. The Morgan fingerprint density at radius 3 is 2.72 bits per heavy atom. The molecule has 0 atom stereocenters. The van der Waals surface area contributed by atoms with E-state index in [2.05, 4.69) is 9.89 Å². The van der Waals surface area contributed by atoms with Crippen LogP contribution < -0.4 is 10.5 Å². The van der Waals surface area contributed by atoms with Crippen molar-refractivity contribution in [2.24, 2.45) is 10.7 Å². The fourth-order valence-electron chi connectivity index (χ4n) is 1.76. The van der Waals surface area contributed by atoms with E-state index >= 15 is 0 Å². The molecule has 1 saturated carbocycles. The lowest BCUT2D eigenvalue weighted by atomic mass is 10.2. The third kappa shape index (κ3) is 3.76. The molecule has 0 radical (unpaired) electrons. The van der Waals surface area contributed by atoms with Crippen LogP contribution in [0.15, 0.2) is 29.3 Å². The number of aliphatic imine (C=N–C) groups is 1. The highest BCUT2D eigenvalue weighted by atomic mass is 127. The Morgan fingerprint density at radius 1 is 1.44 bits per heavy atom. The molecule has 0 heterocycles. The van der Waals surface area contributed by atoms with Crippen molar-refractivity contribution >= 4 is 29.9 Å². The number of halogens is 1. The van der Waals surface area contributed by atoms with E-state index in [9.17, 15) is 0 Å². The molecule has 4 nitrogen and oxygen atoms in total. The van der Waals surface area contributed by atoms with Gasteiger partial charge in [-0.3, -0.25) is 0 Å². The Bertz CT molecular complexity index is 418. The van der Waals surface area contributed by atoms with Gasteiger partial charge in [-0.05, 0) is 18.9 Å². The van der Waals surface area contributed by atoms with E-state index in [1.165, 1.54) is 12.8 Å². The molecule has 0 bridgehead atoms. The molecule has 0 aromatic heterocycles. The van der Waals surface area contributed by atoms with E-state index < -0.39 is 0 Å². The normalized spacial score (nSPS) is 14.9. The molecule has 100 valence electrons. The minimum absolute atomic E-state index is 0. The zero-order chi connectivity index (χ0) is 12.3. The lowest BCUT2D eigenvalue weighted by molar-refractivity contribution is 0.409. The Morgan fingerprint density at radius 2 is 2.11 bits per heavy atom. The standard InChI is InChI=1S/C13H19N3O.HI/c1-16(11-7-8-11)13(14)15-9-10-5-3-4-6-12(10)17-2;/h3-6,11H,7-9H2,1-2H3,(H2,14,15);1H. The number of ether oxygens (including phenoxy) is 1. The molecule has 1 fully saturated rings. The van der Waals surface area contributed by atoms with Gasteiger partial charge in [-0.25, -0.2) is 4.99 Å². The fourth-order valence-corrected chi connectivity index (χ4v) is 1.76. The van der Waals surface area contributed by atoms with Crippen LogP contribution in [0, 0.1) is 0 Å². The van der Waals surface area contributed by atoms with Gasteiger partial charge in [0.2, 0.25) is 0 Å². The lowest BCUT2D eigenvalue weighted by Crippen LogP contribution is -2.35. The number of methoxy groups -OCH3 is 1. The van der Waals surface area contributed by atoms with Gasteiger partial charge in [0.15, 0.2) is 5.96 Å². The van der Waals surface area contributed by atoms with Crippen molar-refractivity contribution in [2.75, 3.05) is 14.2 Å². The quantitative estimate of drug-likeness (QED) is 0.508. The van der Waals surface area contributed by atoms with Crippen molar-refractivity contribution in [3.63, 3.8) is 0 Å². The van der Waals surface area contributed by atoms with Gasteiger partial charge in [-0.15, -0.1) is 24.0 Å². The molecule has 0 spiro atoms. The third-order valence-electron chi connectivity index (χ3n) is 3.06. The van der Waals surface area contributed by atoms with Crippen LogP contribution >= 0.6 is 24.0 Å². The summed E-state index contributed by atoms with van der Waals surface area (Å²) in [4.78, 5) is 6.46. The average molecular weight is 361 g/mol. The van der Waals surface area contributed by atoms with Gasteiger partial charge >= 0.3 is 0 Å². The second-order valence-corrected chi connectivity index (χ2v) is 4.33. The minimum atomic E-state index is 0. The molecule has 2 rings (SSSR count). The fraction of sp³-hybridized carbons (Fsp3) is 0.462. The summed E-state index contributed by atoms with van der Waals surface area (Å²) >= 11 is 0. The van der Waals surface area contributed by atoms with Crippen molar-refractivity contribution in [1.82, 2.24) is 4.90 Å². The topological polar surface area (TPSA) is 50.9 Å². The van der Waals surface area contributed by atoms with Crippen molar-refractivity contribution < 1.29 is 4.74 Å². The Labute approximate surface area is 125 Å². The molecule has 1 aliphatic rings. The predicted molar refractivity (Wildman–Crippen MR) is 84.5 cm³/mol. The summed E-state index contributed by atoms with van der Waals surface area (Å²) in [6.45, 7) is 0.562. The molecule has 0 saturated heterocycles. The summed E-state index contributed by atoms with van der Waals surface area (Å²) in [6.07, 6.45) is 2.45. The van der Waals surface area contributed by atoms with Crippen molar-refractivity contribution in [3.05, 3.63) is 29.8 Å². The molecule has 1 aliphatic carbocycles. The molecule has 18 heavy (non-hydrogen) atoms. The first-order valence-corrected chi connectivity index (χ1v) is 5.87. The van der Waals surface area contributed by atoms with Crippen LogP contribution in [0.2, 0.25) is 0 Å². The van der Waals surface area contributed by atoms with Crippen molar-refractivity contribution in [2.45, 2.75) is 25.4 Å².